The molecule has 2 amide bonds. The van der Waals surface area contributed by atoms with Gasteiger partial charge in [0.2, 0.25) is 5.91 Å². The minimum absolute atomic E-state index is 0.0831. The number of piperidine rings is 1. The summed E-state index contributed by atoms with van der Waals surface area (Å²) in [6, 6.07) is 12.7. The molecule has 1 N–H and O–H groups in total. The van der Waals surface area contributed by atoms with Crippen LogP contribution in [0.25, 0.3) is 0 Å². The number of amides is 2. The van der Waals surface area contributed by atoms with Gasteiger partial charge in [0.1, 0.15) is 12.1 Å². The molecule has 1 aromatic carbocycles. The van der Waals surface area contributed by atoms with Crippen molar-refractivity contribution in [2.24, 2.45) is 5.92 Å². The topological polar surface area (TPSA) is 75.4 Å². The fourth-order valence-corrected chi connectivity index (χ4v) is 3.70. The summed E-state index contributed by atoms with van der Waals surface area (Å²) in [4.78, 5) is 31.5. The predicted molar refractivity (Wildman–Crippen MR) is 108 cm³/mol. The molecule has 4 rings (SSSR count). The lowest BCUT2D eigenvalue weighted by atomic mass is 9.94. The highest BCUT2D eigenvalue weighted by molar-refractivity contribution is 5.94. The second-order valence-corrected chi connectivity index (χ2v) is 7.33. The standard InChI is InChI=1S/C23H22FN3O3/c24-19-6-4-16(5-7-19)21(20-3-1-2-11-25-20)26-22(28)17-8-12-27(13-9-17)23(29)18-10-14-30-15-18/h1-7,10-11,14-15,17,21H,8-9,12-13H2,(H,26,28). The summed E-state index contributed by atoms with van der Waals surface area (Å²) < 4.78 is 18.3. The number of benzene rings is 1. The van der Waals surface area contributed by atoms with Crippen LogP contribution in [0.4, 0.5) is 4.39 Å². The highest BCUT2D eigenvalue weighted by Crippen LogP contribution is 2.24. The van der Waals surface area contributed by atoms with Crippen LogP contribution in [0.5, 0.6) is 0 Å². The average molecular weight is 407 g/mol. The fourth-order valence-electron chi connectivity index (χ4n) is 3.70. The van der Waals surface area contributed by atoms with Gasteiger partial charge in [-0.2, -0.15) is 0 Å². The summed E-state index contributed by atoms with van der Waals surface area (Å²) >= 11 is 0. The Morgan fingerprint density at radius 3 is 2.50 bits per heavy atom. The molecule has 0 spiro atoms. The maximum atomic E-state index is 13.4. The Morgan fingerprint density at radius 1 is 1.10 bits per heavy atom. The van der Waals surface area contributed by atoms with E-state index in [1.807, 2.05) is 12.1 Å². The first-order valence-corrected chi connectivity index (χ1v) is 9.90. The van der Waals surface area contributed by atoms with Crippen LogP contribution in [0, 0.1) is 11.7 Å². The number of hydrogen-bond donors (Lipinski definition) is 1. The first-order chi connectivity index (χ1) is 14.6. The van der Waals surface area contributed by atoms with E-state index in [1.165, 1.54) is 24.7 Å². The van der Waals surface area contributed by atoms with Crippen LogP contribution >= 0.6 is 0 Å². The molecular formula is C23H22FN3O3. The van der Waals surface area contributed by atoms with Crippen molar-refractivity contribution in [2.75, 3.05) is 13.1 Å². The Labute approximate surface area is 173 Å². The lowest BCUT2D eigenvalue weighted by Gasteiger charge is -2.32. The summed E-state index contributed by atoms with van der Waals surface area (Å²) in [6.07, 6.45) is 5.72. The maximum absolute atomic E-state index is 13.4. The van der Waals surface area contributed by atoms with E-state index in [0.717, 1.165) is 5.56 Å². The van der Waals surface area contributed by atoms with Gasteiger partial charge in [0.05, 0.1) is 23.6 Å². The van der Waals surface area contributed by atoms with Gasteiger partial charge in [-0.15, -0.1) is 0 Å². The minimum Gasteiger partial charge on any atom is -0.472 e. The third-order valence-corrected chi connectivity index (χ3v) is 5.39. The van der Waals surface area contributed by atoms with Crippen molar-refractivity contribution in [1.29, 1.82) is 0 Å². The van der Waals surface area contributed by atoms with Crippen LogP contribution in [0.15, 0.2) is 71.7 Å². The normalized spacial score (nSPS) is 15.6. The van der Waals surface area contributed by atoms with E-state index >= 15 is 0 Å². The van der Waals surface area contributed by atoms with E-state index in [2.05, 4.69) is 10.3 Å². The van der Waals surface area contributed by atoms with Crippen LogP contribution in [-0.2, 0) is 4.79 Å². The molecule has 1 aliphatic heterocycles. The second-order valence-electron chi connectivity index (χ2n) is 7.33. The predicted octanol–water partition coefficient (Wildman–Crippen LogP) is 3.57. The molecule has 7 heteroatoms. The number of nitrogens with one attached hydrogen (secondary N) is 1. The van der Waals surface area contributed by atoms with Crippen LogP contribution in [-0.4, -0.2) is 34.8 Å². The highest BCUT2D eigenvalue weighted by atomic mass is 19.1. The molecule has 0 bridgehead atoms. The van der Waals surface area contributed by atoms with E-state index in [-0.39, 0.29) is 23.5 Å². The first-order valence-electron chi connectivity index (χ1n) is 9.90. The monoisotopic (exact) mass is 407 g/mol. The van der Waals surface area contributed by atoms with E-state index in [4.69, 9.17) is 4.42 Å². The van der Waals surface area contributed by atoms with Gasteiger partial charge in [-0.1, -0.05) is 18.2 Å². The van der Waals surface area contributed by atoms with Gasteiger partial charge >= 0.3 is 0 Å². The van der Waals surface area contributed by atoms with Crippen LogP contribution in [0.3, 0.4) is 0 Å². The molecule has 6 nitrogen and oxygen atoms in total. The summed E-state index contributed by atoms with van der Waals surface area (Å²) in [6.45, 7) is 1.01. The molecule has 1 unspecified atom stereocenters. The Balaban J connectivity index is 1.43. The second kappa shape index (κ2) is 8.90. The summed E-state index contributed by atoms with van der Waals surface area (Å²) in [5.74, 6) is -0.713. The summed E-state index contributed by atoms with van der Waals surface area (Å²) in [5, 5.41) is 3.07. The van der Waals surface area contributed by atoms with Crippen LogP contribution < -0.4 is 5.32 Å². The lowest BCUT2D eigenvalue weighted by Crippen LogP contribution is -2.43. The van der Waals surface area contributed by atoms with Gasteiger partial charge in [-0.3, -0.25) is 14.6 Å². The van der Waals surface area contributed by atoms with E-state index in [9.17, 15) is 14.0 Å². The SMILES string of the molecule is O=C(NC(c1ccc(F)cc1)c1ccccn1)C1CCN(C(=O)c2ccoc2)CC1. The Morgan fingerprint density at radius 2 is 1.87 bits per heavy atom. The number of rotatable bonds is 5. The average Bonchev–Trinajstić information content (AvgIpc) is 3.33. The number of aromatic nitrogens is 1. The van der Waals surface area contributed by atoms with E-state index in [0.29, 0.717) is 37.2 Å². The van der Waals surface area contributed by atoms with Gasteiger partial charge in [-0.05, 0) is 48.7 Å². The van der Waals surface area contributed by atoms with Gasteiger partial charge in [0, 0.05) is 25.2 Å². The quantitative estimate of drug-likeness (QED) is 0.702. The van der Waals surface area contributed by atoms with Gasteiger partial charge in [0.15, 0.2) is 0 Å². The zero-order valence-electron chi connectivity index (χ0n) is 16.3. The van der Waals surface area contributed by atoms with Gasteiger partial charge in [0.25, 0.3) is 5.91 Å². The van der Waals surface area contributed by atoms with Crippen LogP contribution in [0.2, 0.25) is 0 Å². The number of halogens is 1. The van der Waals surface area contributed by atoms with Gasteiger partial charge < -0.3 is 14.6 Å². The number of carbonyl (C=O) groups is 2. The molecule has 0 radical (unpaired) electrons. The Bertz CT molecular complexity index is 982. The van der Waals surface area contributed by atoms with Crippen molar-refractivity contribution < 1.29 is 18.4 Å². The number of likely N-dealkylation sites (tertiary alicyclic amines) is 1. The first kappa shape index (κ1) is 19.8. The number of carbonyl (C=O) groups excluding carboxylic acids is 2. The molecule has 3 heterocycles. The number of nitrogens with zero attached hydrogens (tertiary/aromatic N) is 2. The third-order valence-electron chi connectivity index (χ3n) is 5.39. The smallest absolute Gasteiger partial charge is 0.257 e. The molecule has 1 aliphatic rings. The number of hydrogen-bond acceptors (Lipinski definition) is 4. The summed E-state index contributed by atoms with van der Waals surface area (Å²) in [5.41, 5.74) is 1.96. The molecular weight excluding hydrogens is 385 g/mol. The maximum Gasteiger partial charge on any atom is 0.257 e. The molecule has 3 aromatic rings. The molecule has 154 valence electrons. The van der Waals surface area contributed by atoms with Crippen molar-refractivity contribution in [2.45, 2.75) is 18.9 Å². The number of pyridine rings is 1. The van der Waals surface area contributed by atoms with Crippen molar-refractivity contribution in [3.05, 3.63) is 89.9 Å². The highest BCUT2D eigenvalue weighted by Gasteiger charge is 2.30. The van der Waals surface area contributed by atoms with Crippen LogP contribution in [0.1, 0.15) is 40.5 Å². The number of furan rings is 1. The van der Waals surface area contributed by atoms with Crippen molar-refractivity contribution >= 4 is 11.8 Å². The van der Waals surface area contributed by atoms with Crippen molar-refractivity contribution in [1.82, 2.24) is 15.2 Å². The molecule has 2 aromatic heterocycles. The Hall–Kier alpha value is -3.48. The fraction of sp³-hybridized carbons (Fsp3) is 0.261. The van der Waals surface area contributed by atoms with Crippen molar-refractivity contribution in [3.63, 3.8) is 0 Å². The van der Waals surface area contributed by atoms with Crippen molar-refractivity contribution in [3.8, 4) is 0 Å². The molecule has 1 fully saturated rings. The third kappa shape index (κ3) is 4.40. The molecule has 1 saturated heterocycles. The molecule has 0 aliphatic carbocycles. The Kier molecular flexibility index (Phi) is 5.88. The largest absolute Gasteiger partial charge is 0.472 e. The summed E-state index contributed by atoms with van der Waals surface area (Å²) in [7, 11) is 0. The van der Waals surface area contributed by atoms with E-state index < -0.39 is 6.04 Å². The zero-order valence-corrected chi connectivity index (χ0v) is 16.3. The lowest BCUT2D eigenvalue weighted by molar-refractivity contribution is -0.126. The van der Waals surface area contributed by atoms with Gasteiger partial charge in [-0.25, -0.2) is 4.39 Å². The molecule has 0 saturated carbocycles. The molecule has 1 atom stereocenters. The minimum atomic E-state index is -0.468. The zero-order chi connectivity index (χ0) is 20.9. The van der Waals surface area contributed by atoms with E-state index in [1.54, 1.807) is 35.4 Å². The molecule has 30 heavy (non-hydrogen) atoms.